The summed E-state index contributed by atoms with van der Waals surface area (Å²) in [7, 11) is 0. The van der Waals surface area contributed by atoms with E-state index >= 15 is 0 Å². The summed E-state index contributed by atoms with van der Waals surface area (Å²) in [6, 6.07) is 38.7. The van der Waals surface area contributed by atoms with Crippen LogP contribution in [0.5, 0.6) is 0 Å². The molecular weight excluding hydrogens is 663 g/mol. The second-order valence-electron chi connectivity index (χ2n) is 16.4. The summed E-state index contributed by atoms with van der Waals surface area (Å²) in [6.07, 6.45) is 11.0. The fraction of sp³-hybridized carbons (Fsp3) is 0.192. The molecule has 10 rings (SSSR count). The zero-order valence-corrected chi connectivity index (χ0v) is 32.7. The molecular formula is C52H45BN2. The van der Waals surface area contributed by atoms with Crippen LogP contribution in [0.25, 0.3) is 65.6 Å². The molecule has 266 valence electrons. The van der Waals surface area contributed by atoms with Crippen molar-refractivity contribution in [1.29, 1.82) is 0 Å². The van der Waals surface area contributed by atoms with Gasteiger partial charge in [-0.1, -0.05) is 137 Å². The number of hydrogen-bond acceptors (Lipinski definition) is 2. The van der Waals surface area contributed by atoms with Gasteiger partial charge in [0, 0.05) is 23.2 Å². The Labute approximate surface area is 324 Å². The first-order valence-electron chi connectivity index (χ1n) is 19.9. The Bertz CT molecular complexity index is 2930. The first-order valence-corrected chi connectivity index (χ1v) is 19.9. The van der Waals surface area contributed by atoms with Crippen molar-refractivity contribution in [2.24, 2.45) is 5.92 Å². The minimum atomic E-state index is 0.187. The van der Waals surface area contributed by atoms with E-state index in [4.69, 9.17) is 9.97 Å². The van der Waals surface area contributed by atoms with Gasteiger partial charge >= 0.3 is 0 Å². The lowest BCUT2D eigenvalue weighted by Gasteiger charge is -2.37. The van der Waals surface area contributed by atoms with Gasteiger partial charge < -0.3 is 0 Å². The number of hydrogen-bond donors (Lipinski definition) is 0. The number of benzene rings is 6. The van der Waals surface area contributed by atoms with Gasteiger partial charge in [0.2, 0.25) is 6.71 Å². The van der Waals surface area contributed by atoms with Crippen molar-refractivity contribution >= 4 is 61.0 Å². The van der Waals surface area contributed by atoms with Crippen LogP contribution in [-0.2, 0) is 12.8 Å². The predicted molar refractivity (Wildman–Crippen MR) is 236 cm³/mol. The van der Waals surface area contributed by atoms with Crippen LogP contribution in [0, 0.1) is 26.7 Å². The number of aromatic nitrogens is 2. The fourth-order valence-corrected chi connectivity index (χ4v) is 10.9. The molecule has 2 aliphatic rings. The number of nitrogens with zero attached hydrogens (tertiary/aromatic N) is 2. The Hall–Kier alpha value is -5.80. The highest BCUT2D eigenvalue weighted by atomic mass is 14.6. The quantitative estimate of drug-likeness (QED) is 0.131. The van der Waals surface area contributed by atoms with Crippen LogP contribution in [0.15, 0.2) is 139 Å². The average molecular weight is 709 g/mol. The zero-order valence-electron chi connectivity index (χ0n) is 32.7. The third kappa shape index (κ3) is 5.31. The van der Waals surface area contributed by atoms with E-state index in [1.165, 1.54) is 104 Å². The van der Waals surface area contributed by atoms with Crippen molar-refractivity contribution < 1.29 is 0 Å². The fourth-order valence-electron chi connectivity index (χ4n) is 10.9. The van der Waals surface area contributed by atoms with Gasteiger partial charge in [-0.05, 0) is 138 Å². The van der Waals surface area contributed by atoms with Crippen molar-refractivity contribution in [3.63, 3.8) is 0 Å². The summed E-state index contributed by atoms with van der Waals surface area (Å²) < 4.78 is 0. The lowest BCUT2D eigenvalue weighted by atomic mass is 9.28. The molecule has 2 atom stereocenters. The van der Waals surface area contributed by atoms with Crippen molar-refractivity contribution in [2.75, 3.05) is 0 Å². The summed E-state index contributed by atoms with van der Waals surface area (Å²) in [5.41, 5.74) is 20.0. The summed E-state index contributed by atoms with van der Waals surface area (Å²) in [5.74, 6) is 0.719. The smallest absolute Gasteiger partial charge is 0.218 e. The van der Waals surface area contributed by atoms with Gasteiger partial charge in [0.1, 0.15) is 0 Å². The lowest BCUT2D eigenvalue weighted by Crippen LogP contribution is -2.52. The van der Waals surface area contributed by atoms with E-state index in [2.05, 4.69) is 157 Å². The third-order valence-corrected chi connectivity index (χ3v) is 12.8. The maximum Gasteiger partial charge on any atom is 0.218 e. The molecule has 2 heterocycles. The van der Waals surface area contributed by atoms with Gasteiger partial charge in [0.15, 0.2) is 0 Å². The van der Waals surface area contributed by atoms with E-state index in [1.54, 1.807) is 0 Å². The normalized spacial score (nSPS) is 16.6. The Morgan fingerprint density at radius 3 is 1.84 bits per heavy atom. The minimum absolute atomic E-state index is 0.187. The Morgan fingerprint density at radius 1 is 0.582 bits per heavy atom. The first kappa shape index (κ1) is 33.7. The Kier molecular flexibility index (Phi) is 7.92. The van der Waals surface area contributed by atoms with E-state index in [9.17, 15) is 0 Å². The van der Waals surface area contributed by atoms with Crippen LogP contribution in [0.4, 0.5) is 0 Å². The Morgan fingerprint density at radius 2 is 1.18 bits per heavy atom. The number of pyridine rings is 2. The summed E-state index contributed by atoms with van der Waals surface area (Å²) in [6.45, 7) is 14.2. The summed E-state index contributed by atoms with van der Waals surface area (Å²) >= 11 is 0. The topological polar surface area (TPSA) is 25.8 Å². The van der Waals surface area contributed by atoms with Crippen molar-refractivity contribution in [3.05, 3.63) is 167 Å². The van der Waals surface area contributed by atoms with E-state index in [0.29, 0.717) is 11.7 Å². The summed E-state index contributed by atoms with van der Waals surface area (Å²) in [5, 5.41) is 7.88. The molecule has 0 aliphatic heterocycles. The molecule has 2 unspecified atom stereocenters. The van der Waals surface area contributed by atoms with Crippen LogP contribution in [0.3, 0.4) is 0 Å². The summed E-state index contributed by atoms with van der Waals surface area (Å²) in [4.78, 5) is 9.57. The van der Waals surface area contributed by atoms with Crippen LogP contribution < -0.4 is 10.9 Å². The molecule has 0 bridgehead atoms. The van der Waals surface area contributed by atoms with Gasteiger partial charge in [-0.3, -0.25) is 9.97 Å². The zero-order chi connectivity index (χ0) is 37.5. The number of para-hydroxylation sites is 2. The molecule has 55 heavy (non-hydrogen) atoms. The predicted octanol–water partition coefficient (Wildman–Crippen LogP) is 12.0. The van der Waals surface area contributed by atoms with E-state index in [-0.39, 0.29) is 6.71 Å². The highest BCUT2D eigenvalue weighted by Gasteiger charge is 2.39. The second kappa shape index (κ2) is 12.9. The molecule has 0 fully saturated rings. The number of rotatable bonds is 5. The standard InChI is InChI=1S/C52H45BN2/c1-30-25-32(3)51(33(4)26-30)53(52-34(5)27-31(2)28-35(52)6)46-29-45(39-22-24-55-48-14-10-8-12-41(39)48)43-20-19-42-37(17-15-36-16-18-44(46)50(43)49(36)42)38-21-23-54-47-13-9-7-11-40(38)47/h7-15,17,19-29,32,51H,16,18H2,1-6H3. The van der Waals surface area contributed by atoms with Crippen LogP contribution in [0.1, 0.15) is 48.6 Å². The highest BCUT2D eigenvalue weighted by Crippen LogP contribution is 2.46. The molecule has 2 aromatic heterocycles. The molecule has 2 nitrogen and oxygen atoms in total. The van der Waals surface area contributed by atoms with E-state index in [0.717, 1.165) is 23.9 Å². The highest BCUT2D eigenvalue weighted by molar-refractivity contribution is 6.88. The van der Waals surface area contributed by atoms with E-state index in [1.807, 2.05) is 12.4 Å². The molecule has 6 aromatic carbocycles. The molecule has 0 N–H and O–H groups in total. The van der Waals surface area contributed by atoms with Crippen LogP contribution in [0.2, 0.25) is 5.82 Å². The molecule has 0 amide bonds. The number of aryl methyl sites for hydroxylation is 5. The molecule has 2 aliphatic carbocycles. The monoisotopic (exact) mass is 708 g/mol. The van der Waals surface area contributed by atoms with Gasteiger partial charge in [0.05, 0.1) is 11.0 Å². The van der Waals surface area contributed by atoms with Gasteiger partial charge in [0.25, 0.3) is 0 Å². The molecule has 0 saturated heterocycles. The molecule has 0 radical (unpaired) electrons. The maximum absolute atomic E-state index is 4.83. The lowest BCUT2D eigenvalue weighted by molar-refractivity contribution is 0.689. The van der Waals surface area contributed by atoms with Crippen LogP contribution >= 0.6 is 0 Å². The number of fused-ring (bicyclic) bond motifs is 2. The first-order chi connectivity index (χ1) is 26.8. The Balaban J connectivity index is 1.37. The van der Waals surface area contributed by atoms with Crippen molar-refractivity contribution in [3.8, 4) is 22.3 Å². The third-order valence-electron chi connectivity index (χ3n) is 12.8. The van der Waals surface area contributed by atoms with Gasteiger partial charge in [-0.25, -0.2) is 0 Å². The number of allylic oxidation sites excluding steroid dienone is 4. The minimum Gasteiger partial charge on any atom is -0.256 e. The van der Waals surface area contributed by atoms with Crippen molar-refractivity contribution in [2.45, 2.75) is 60.2 Å². The molecule has 8 aromatic rings. The molecule has 0 saturated carbocycles. The van der Waals surface area contributed by atoms with E-state index < -0.39 is 0 Å². The van der Waals surface area contributed by atoms with Gasteiger partial charge in [-0.15, -0.1) is 0 Å². The second-order valence-corrected chi connectivity index (χ2v) is 16.4. The van der Waals surface area contributed by atoms with Gasteiger partial charge in [-0.2, -0.15) is 0 Å². The van der Waals surface area contributed by atoms with Crippen LogP contribution in [-0.4, -0.2) is 16.7 Å². The maximum atomic E-state index is 4.83. The van der Waals surface area contributed by atoms with Crippen molar-refractivity contribution in [1.82, 2.24) is 9.97 Å². The average Bonchev–Trinajstić information content (AvgIpc) is 3.18. The SMILES string of the molecule is CC1=CC(C)C(B(c2cc(-c3ccnc4ccccc34)c3ccc4c(-c5ccnc6ccccc56)ccc5c4c3c2CC5)c2c(C)cc(C)cc2C)C(C)=C1. The molecule has 0 spiro atoms. The molecule has 3 heteroatoms. The largest absolute Gasteiger partial charge is 0.256 e.